The summed E-state index contributed by atoms with van der Waals surface area (Å²) in [5.74, 6) is -1.15. The molecule has 100 valence electrons. The summed E-state index contributed by atoms with van der Waals surface area (Å²) in [6.45, 7) is 0.306. The number of thiophene rings is 1. The topological polar surface area (TPSA) is 62.5 Å². The molecule has 0 saturated carbocycles. The molecule has 2 heterocycles. The van der Waals surface area contributed by atoms with Crippen molar-refractivity contribution in [1.29, 1.82) is 0 Å². The number of hydrogen-bond acceptors (Lipinski definition) is 3. The molecule has 1 amide bonds. The summed E-state index contributed by atoms with van der Waals surface area (Å²) in [7, 11) is 1.71. The van der Waals surface area contributed by atoms with E-state index in [0.717, 1.165) is 5.56 Å². The van der Waals surface area contributed by atoms with Gasteiger partial charge in [-0.15, -0.1) is 0 Å². The number of hydrogen-bond donors (Lipinski definition) is 1. The fraction of sp³-hybridized carbons (Fsp3) is 0.231. The Balaban J connectivity index is 2.10. The van der Waals surface area contributed by atoms with Gasteiger partial charge in [0.2, 0.25) is 0 Å². The minimum atomic E-state index is -0.967. The van der Waals surface area contributed by atoms with E-state index in [1.165, 1.54) is 4.57 Å². The van der Waals surface area contributed by atoms with Gasteiger partial charge >= 0.3 is 5.97 Å². The van der Waals surface area contributed by atoms with E-state index in [4.69, 9.17) is 5.11 Å². The lowest BCUT2D eigenvalue weighted by Gasteiger charge is -2.17. The number of carboxylic acids is 1. The monoisotopic (exact) mass is 278 g/mol. The van der Waals surface area contributed by atoms with Crippen LogP contribution in [0, 0.1) is 0 Å². The van der Waals surface area contributed by atoms with Gasteiger partial charge in [0.15, 0.2) is 0 Å². The number of aliphatic carboxylic acids is 1. The molecule has 0 fully saturated rings. The van der Waals surface area contributed by atoms with Crippen molar-refractivity contribution in [3.8, 4) is 0 Å². The first kappa shape index (κ1) is 13.4. The van der Waals surface area contributed by atoms with Crippen LogP contribution in [0.2, 0.25) is 0 Å². The number of carbonyl (C=O) groups excluding carboxylic acids is 1. The Hall–Kier alpha value is -2.08. The van der Waals surface area contributed by atoms with Gasteiger partial charge in [-0.05, 0) is 34.5 Å². The van der Waals surface area contributed by atoms with Crippen LogP contribution in [0.4, 0.5) is 0 Å². The van der Waals surface area contributed by atoms with Gasteiger partial charge in [0.1, 0.15) is 12.2 Å². The molecule has 5 nitrogen and oxygen atoms in total. The maximum Gasteiger partial charge on any atom is 0.323 e. The largest absolute Gasteiger partial charge is 0.480 e. The van der Waals surface area contributed by atoms with E-state index >= 15 is 0 Å². The van der Waals surface area contributed by atoms with Crippen molar-refractivity contribution >= 4 is 23.2 Å². The van der Waals surface area contributed by atoms with Crippen LogP contribution >= 0.6 is 11.3 Å². The highest BCUT2D eigenvalue weighted by molar-refractivity contribution is 7.07. The zero-order valence-corrected chi connectivity index (χ0v) is 11.3. The lowest BCUT2D eigenvalue weighted by atomic mass is 10.3. The second-order valence-electron chi connectivity index (χ2n) is 4.21. The van der Waals surface area contributed by atoms with E-state index in [9.17, 15) is 9.59 Å². The van der Waals surface area contributed by atoms with E-state index in [2.05, 4.69) is 0 Å². The van der Waals surface area contributed by atoms with Gasteiger partial charge in [-0.25, -0.2) is 0 Å². The van der Waals surface area contributed by atoms with Crippen LogP contribution in [0.25, 0.3) is 0 Å². The summed E-state index contributed by atoms with van der Waals surface area (Å²) in [6, 6.07) is 5.27. The van der Waals surface area contributed by atoms with E-state index in [0.29, 0.717) is 12.2 Å². The van der Waals surface area contributed by atoms with Crippen LogP contribution in [0.1, 0.15) is 16.1 Å². The first-order chi connectivity index (χ1) is 9.08. The average Bonchev–Trinajstić information content (AvgIpc) is 2.98. The van der Waals surface area contributed by atoms with Crippen LogP contribution < -0.4 is 0 Å². The van der Waals surface area contributed by atoms with Crippen molar-refractivity contribution in [2.45, 2.75) is 13.1 Å². The molecule has 0 radical (unpaired) electrons. The highest BCUT2D eigenvalue weighted by Crippen LogP contribution is 2.12. The van der Waals surface area contributed by atoms with Crippen LogP contribution in [0.5, 0.6) is 0 Å². The van der Waals surface area contributed by atoms with Gasteiger partial charge < -0.3 is 14.6 Å². The predicted molar refractivity (Wildman–Crippen MR) is 72.2 cm³/mol. The van der Waals surface area contributed by atoms with Crippen molar-refractivity contribution in [3.63, 3.8) is 0 Å². The molecule has 2 aromatic rings. The molecule has 0 unspecified atom stereocenters. The maximum atomic E-state index is 12.2. The fourth-order valence-corrected chi connectivity index (χ4v) is 2.48. The molecule has 0 aliphatic rings. The number of rotatable bonds is 5. The quantitative estimate of drug-likeness (QED) is 0.908. The summed E-state index contributed by atoms with van der Waals surface area (Å²) in [6.07, 6.45) is 1.60. The number of carbonyl (C=O) groups is 2. The third kappa shape index (κ3) is 3.23. The summed E-state index contributed by atoms with van der Waals surface area (Å²) >= 11 is 1.58. The first-order valence-corrected chi connectivity index (χ1v) is 6.65. The lowest BCUT2D eigenvalue weighted by molar-refractivity contribution is -0.137. The minimum absolute atomic E-state index is 0.183. The molecule has 2 rings (SSSR count). The van der Waals surface area contributed by atoms with Gasteiger partial charge in [-0.3, -0.25) is 9.59 Å². The molecular weight excluding hydrogens is 264 g/mol. The molecule has 0 aliphatic heterocycles. The number of nitrogens with zero attached hydrogens (tertiary/aromatic N) is 2. The van der Waals surface area contributed by atoms with Crippen molar-refractivity contribution in [2.24, 2.45) is 0 Å². The smallest absolute Gasteiger partial charge is 0.323 e. The molecule has 0 spiro atoms. The zero-order valence-electron chi connectivity index (χ0n) is 10.4. The minimum Gasteiger partial charge on any atom is -0.480 e. The Bertz CT molecular complexity index is 574. The van der Waals surface area contributed by atoms with Gasteiger partial charge in [0.05, 0.1) is 0 Å². The van der Waals surface area contributed by atoms with Crippen molar-refractivity contribution in [3.05, 3.63) is 46.4 Å². The maximum absolute atomic E-state index is 12.2. The van der Waals surface area contributed by atoms with Gasteiger partial charge in [0.25, 0.3) is 5.91 Å². The van der Waals surface area contributed by atoms with Crippen LogP contribution in [-0.4, -0.2) is 33.5 Å². The van der Waals surface area contributed by atoms with E-state index in [-0.39, 0.29) is 12.5 Å². The van der Waals surface area contributed by atoms with Crippen LogP contribution in [-0.2, 0) is 17.9 Å². The zero-order chi connectivity index (χ0) is 13.8. The Morgan fingerprint density at radius 3 is 2.84 bits per heavy atom. The van der Waals surface area contributed by atoms with Crippen molar-refractivity contribution in [2.75, 3.05) is 7.05 Å². The van der Waals surface area contributed by atoms with Crippen molar-refractivity contribution in [1.82, 2.24) is 9.47 Å². The van der Waals surface area contributed by atoms with Gasteiger partial charge in [-0.1, -0.05) is 0 Å². The van der Waals surface area contributed by atoms with Gasteiger partial charge in [0, 0.05) is 19.8 Å². The number of amides is 1. The summed E-state index contributed by atoms with van der Waals surface area (Å²) < 4.78 is 1.44. The average molecular weight is 278 g/mol. The Kier molecular flexibility index (Phi) is 4.01. The molecule has 0 aliphatic carbocycles. The highest BCUT2D eigenvalue weighted by Gasteiger charge is 2.17. The van der Waals surface area contributed by atoms with Crippen molar-refractivity contribution < 1.29 is 14.7 Å². The fourth-order valence-electron chi connectivity index (χ4n) is 1.82. The molecule has 1 N–H and O–H groups in total. The van der Waals surface area contributed by atoms with E-state index in [1.807, 2.05) is 16.8 Å². The van der Waals surface area contributed by atoms with Gasteiger partial charge in [-0.2, -0.15) is 11.3 Å². The lowest BCUT2D eigenvalue weighted by Crippen LogP contribution is -2.28. The molecular formula is C13H14N2O3S. The molecule has 0 bridgehead atoms. The highest BCUT2D eigenvalue weighted by atomic mass is 32.1. The Labute approximate surface area is 114 Å². The molecule has 6 heteroatoms. The Morgan fingerprint density at radius 2 is 2.21 bits per heavy atom. The standard InChI is InChI=1S/C13H14N2O3S/c1-14(7-10-4-6-19-9-10)13(18)11-3-2-5-15(11)8-12(16)17/h2-6,9H,7-8H2,1H3,(H,16,17). The van der Waals surface area contributed by atoms with E-state index < -0.39 is 5.97 Å². The Morgan fingerprint density at radius 1 is 1.42 bits per heavy atom. The summed E-state index contributed by atoms with van der Waals surface area (Å²) in [5.41, 5.74) is 1.46. The molecule has 0 aromatic carbocycles. The predicted octanol–water partition coefficient (Wildman–Crippen LogP) is 1.91. The first-order valence-electron chi connectivity index (χ1n) is 5.71. The number of aromatic nitrogens is 1. The number of carboxylic acid groups (broad SMARTS) is 1. The third-order valence-corrected chi connectivity index (χ3v) is 3.43. The van der Waals surface area contributed by atoms with Crippen LogP contribution in [0.15, 0.2) is 35.2 Å². The molecule has 2 aromatic heterocycles. The summed E-state index contributed by atoms with van der Waals surface area (Å²) in [4.78, 5) is 24.6. The third-order valence-electron chi connectivity index (χ3n) is 2.70. The second-order valence-corrected chi connectivity index (χ2v) is 4.99. The SMILES string of the molecule is CN(Cc1ccsc1)C(=O)c1cccn1CC(=O)O. The molecule has 19 heavy (non-hydrogen) atoms. The normalized spacial score (nSPS) is 10.4. The van der Waals surface area contributed by atoms with Crippen LogP contribution in [0.3, 0.4) is 0 Å². The molecule has 0 saturated heterocycles. The second kappa shape index (κ2) is 5.71. The summed E-state index contributed by atoms with van der Waals surface area (Å²) in [5, 5.41) is 12.7. The van der Waals surface area contributed by atoms with E-state index in [1.54, 1.807) is 41.6 Å². The molecule has 0 atom stereocenters.